The van der Waals surface area contributed by atoms with Crippen LogP contribution in [0.4, 0.5) is 0 Å². The molecule has 0 heterocycles. The van der Waals surface area contributed by atoms with Gasteiger partial charge in [0.2, 0.25) is 0 Å². The molecule has 1 rings (SSSR count). The molecule has 0 aliphatic heterocycles. The maximum absolute atomic E-state index is 9.01. The Balaban J connectivity index is 0.000001000. The van der Waals surface area contributed by atoms with Crippen molar-refractivity contribution in [1.29, 1.82) is 0 Å². The van der Waals surface area contributed by atoms with Gasteiger partial charge in [0.1, 0.15) is 0 Å². The van der Waals surface area contributed by atoms with E-state index >= 15 is 0 Å². The Morgan fingerprint density at radius 3 is 1.73 bits per heavy atom. The van der Waals surface area contributed by atoms with Gasteiger partial charge in [-0.3, -0.25) is 0 Å². The molecule has 0 bridgehead atoms. The molecular weight excluding hydrogens is 260 g/mol. The molecule has 56 valence electrons. The first kappa shape index (κ1) is 11.5. The van der Waals surface area contributed by atoms with Crippen molar-refractivity contribution in [2.24, 2.45) is 0 Å². The molecule has 0 unspecified atom stereocenters. The molecule has 1 N–H and O–H groups in total. The first-order valence-electron chi connectivity index (χ1n) is 2.45. The summed E-state index contributed by atoms with van der Waals surface area (Å²) >= 11 is 16.5. The van der Waals surface area contributed by atoms with Gasteiger partial charge in [-0.1, -0.05) is 34.8 Å². The maximum Gasteiger partial charge on any atom is 0.152 e. The fourth-order valence-electron chi connectivity index (χ4n) is 0.535. The zero-order valence-electron chi connectivity index (χ0n) is 5.44. The van der Waals surface area contributed by atoms with Gasteiger partial charge in [-0.2, -0.15) is 0 Å². The van der Waals surface area contributed by atoms with Gasteiger partial charge in [0.25, 0.3) is 0 Å². The molecule has 0 fully saturated rings. The number of rotatable bonds is 0. The monoisotopic (exact) mass is 260 g/mol. The first-order chi connectivity index (χ1) is 4.61. The number of halogens is 3. The summed E-state index contributed by atoms with van der Waals surface area (Å²) in [7, 11) is 0. The number of aromatic hydroxyl groups is 1. The third-order valence-electron chi connectivity index (χ3n) is 0.982. The second kappa shape index (κ2) is 4.52. The molecule has 0 spiro atoms. The third kappa shape index (κ3) is 2.79. The molecule has 0 aliphatic rings. The standard InChI is InChI=1S/C6H3Cl3O.Zn/c7-3-1-4(8)6(10)5(9)2-3;/h1-2,10H;. The van der Waals surface area contributed by atoms with Crippen molar-refractivity contribution in [2.75, 3.05) is 0 Å². The van der Waals surface area contributed by atoms with Crippen LogP contribution in [0.15, 0.2) is 12.1 Å². The van der Waals surface area contributed by atoms with Crippen LogP contribution in [-0.2, 0) is 19.5 Å². The number of hydrogen-bond donors (Lipinski definition) is 1. The van der Waals surface area contributed by atoms with E-state index in [9.17, 15) is 0 Å². The topological polar surface area (TPSA) is 20.2 Å². The SMILES string of the molecule is Oc1c(Cl)cc(Cl)cc1Cl.[Zn]. The second-order valence-electron chi connectivity index (χ2n) is 1.72. The first-order valence-corrected chi connectivity index (χ1v) is 3.58. The fourth-order valence-corrected chi connectivity index (χ4v) is 1.35. The van der Waals surface area contributed by atoms with Crippen molar-refractivity contribution in [3.8, 4) is 5.75 Å². The van der Waals surface area contributed by atoms with Gasteiger partial charge in [0.05, 0.1) is 10.0 Å². The Morgan fingerprint density at radius 1 is 1.00 bits per heavy atom. The largest absolute Gasteiger partial charge is 0.505 e. The summed E-state index contributed by atoms with van der Waals surface area (Å²) in [4.78, 5) is 0. The number of phenols is 1. The molecule has 0 radical (unpaired) electrons. The third-order valence-corrected chi connectivity index (χ3v) is 1.78. The molecule has 1 nitrogen and oxygen atoms in total. The molecule has 1 aromatic rings. The van der Waals surface area contributed by atoms with Crippen LogP contribution in [0.3, 0.4) is 0 Å². The van der Waals surface area contributed by atoms with Crippen molar-refractivity contribution in [3.63, 3.8) is 0 Å². The Kier molecular flexibility index (Phi) is 4.73. The normalized spacial score (nSPS) is 9.00. The molecule has 0 amide bonds. The smallest absolute Gasteiger partial charge is 0.152 e. The van der Waals surface area contributed by atoms with Crippen LogP contribution in [0.5, 0.6) is 5.75 Å². The Morgan fingerprint density at radius 2 is 1.36 bits per heavy atom. The minimum atomic E-state index is -0.132. The van der Waals surface area contributed by atoms with Gasteiger partial charge in [-0.25, -0.2) is 0 Å². The predicted molar refractivity (Wildman–Crippen MR) is 43.1 cm³/mol. The summed E-state index contributed by atoms with van der Waals surface area (Å²) < 4.78 is 0. The summed E-state index contributed by atoms with van der Waals surface area (Å²) in [5.41, 5.74) is 0. The molecule has 0 atom stereocenters. The molecule has 0 aromatic heterocycles. The number of hydrogen-bond acceptors (Lipinski definition) is 1. The molecule has 11 heavy (non-hydrogen) atoms. The van der Waals surface area contributed by atoms with E-state index in [1.54, 1.807) is 0 Å². The Bertz CT molecular complexity index is 241. The molecule has 5 heteroatoms. The minimum absolute atomic E-state index is 0. The van der Waals surface area contributed by atoms with Crippen molar-refractivity contribution in [2.45, 2.75) is 0 Å². The zero-order valence-corrected chi connectivity index (χ0v) is 10.7. The average molecular weight is 263 g/mol. The summed E-state index contributed by atoms with van der Waals surface area (Å²) in [5.74, 6) is -0.132. The fraction of sp³-hybridized carbons (Fsp3) is 0. The second-order valence-corrected chi connectivity index (χ2v) is 2.97. The van der Waals surface area contributed by atoms with E-state index in [-0.39, 0.29) is 35.3 Å². The van der Waals surface area contributed by atoms with Crippen LogP contribution >= 0.6 is 34.8 Å². The Labute approximate surface area is 92.0 Å². The molecule has 1 aromatic carbocycles. The van der Waals surface area contributed by atoms with Crippen molar-refractivity contribution in [1.82, 2.24) is 0 Å². The van der Waals surface area contributed by atoms with Gasteiger partial charge in [0.15, 0.2) is 5.75 Å². The van der Waals surface area contributed by atoms with E-state index < -0.39 is 0 Å². The van der Waals surface area contributed by atoms with E-state index in [0.29, 0.717) is 5.02 Å². The zero-order chi connectivity index (χ0) is 7.72. The van der Waals surface area contributed by atoms with E-state index in [1.807, 2.05) is 0 Å². The van der Waals surface area contributed by atoms with Crippen LogP contribution in [0.25, 0.3) is 0 Å². The van der Waals surface area contributed by atoms with Crippen LogP contribution in [-0.4, -0.2) is 5.11 Å². The molecule has 0 saturated heterocycles. The van der Waals surface area contributed by atoms with E-state index in [4.69, 9.17) is 39.9 Å². The van der Waals surface area contributed by atoms with Crippen molar-refractivity contribution in [3.05, 3.63) is 27.2 Å². The summed E-state index contributed by atoms with van der Waals surface area (Å²) in [6.07, 6.45) is 0. The number of phenolic OH excluding ortho intramolecular Hbond substituents is 1. The summed E-state index contributed by atoms with van der Waals surface area (Å²) in [6.45, 7) is 0. The molecule has 0 saturated carbocycles. The van der Waals surface area contributed by atoms with E-state index in [1.165, 1.54) is 12.1 Å². The van der Waals surface area contributed by atoms with Gasteiger partial charge in [0, 0.05) is 24.5 Å². The maximum atomic E-state index is 9.01. The predicted octanol–water partition coefficient (Wildman–Crippen LogP) is 3.35. The van der Waals surface area contributed by atoms with Crippen LogP contribution in [0, 0.1) is 0 Å². The molecular formula is C6H3Cl3OZn. The van der Waals surface area contributed by atoms with Gasteiger partial charge in [-0.15, -0.1) is 0 Å². The van der Waals surface area contributed by atoms with Gasteiger partial charge >= 0.3 is 0 Å². The van der Waals surface area contributed by atoms with Crippen LogP contribution < -0.4 is 0 Å². The minimum Gasteiger partial charge on any atom is -0.505 e. The molecule has 0 aliphatic carbocycles. The average Bonchev–Trinajstić information content (AvgIpc) is 1.82. The van der Waals surface area contributed by atoms with Crippen molar-refractivity contribution >= 4 is 34.8 Å². The van der Waals surface area contributed by atoms with Crippen LogP contribution in [0.1, 0.15) is 0 Å². The van der Waals surface area contributed by atoms with Gasteiger partial charge < -0.3 is 5.11 Å². The van der Waals surface area contributed by atoms with E-state index in [0.717, 1.165) is 0 Å². The summed E-state index contributed by atoms with van der Waals surface area (Å²) in [5, 5.41) is 9.75. The summed E-state index contributed by atoms with van der Waals surface area (Å²) in [6, 6.07) is 2.84. The quantitative estimate of drug-likeness (QED) is 0.711. The Hall–Kier alpha value is 0.513. The van der Waals surface area contributed by atoms with Crippen molar-refractivity contribution < 1.29 is 24.6 Å². The van der Waals surface area contributed by atoms with Crippen LogP contribution in [0.2, 0.25) is 15.1 Å². The van der Waals surface area contributed by atoms with Gasteiger partial charge in [-0.05, 0) is 12.1 Å². The number of benzene rings is 1. The van der Waals surface area contributed by atoms with E-state index in [2.05, 4.69) is 0 Å².